The molecule has 4 rings (SSSR count). The number of hydrogen-bond donors (Lipinski definition) is 1. The van der Waals surface area contributed by atoms with Crippen LogP contribution in [-0.2, 0) is 0 Å². The van der Waals surface area contributed by atoms with E-state index in [0.29, 0.717) is 47.6 Å². The fourth-order valence-corrected chi connectivity index (χ4v) is 3.65. The second-order valence-electron chi connectivity index (χ2n) is 6.97. The predicted octanol–water partition coefficient (Wildman–Crippen LogP) is 4.19. The zero-order valence-corrected chi connectivity index (χ0v) is 17.9. The number of rotatable bonds is 4. The van der Waals surface area contributed by atoms with Gasteiger partial charge in [-0.3, -0.25) is 4.79 Å². The predicted molar refractivity (Wildman–Crippen MR) is 119 cm³/mol. The Morgan fingerprint density at radius 3 is 2.47 bits per heavy atom. The van der Waals surface area contributed by atoms with Gasteiger partial charge in [-0.1, -0.05) is 29.3 Å². The Morgan fingerprint density at radius 1 is 0.967 bits per heavy atom. The van der Waals surface area contributed by atoms with Gasteiger partial charge >= 0.3 is 0 Å². The third kappa shape index (κ3) is 4.63. The minimum absolute atomic E-state index is 0.113. The molecule has 3 heterocycles. The average Bonchev–Trinajstić information content (AvgIpc) is 2.76. The van der Waals surface area contributed by atoms with Crippen molar-refractivity contribution in [1.82, 2.24) is 20.1 Å². The highest BCUT2D eigenvalue weighted by Crippen LogP contribution is 2.23. The third-order valence-corrected chi connectivity index (χ3v) is 5.41. The Labute approximate surface area is 184 Å². The number of carbonyl (C=O) groups excluding carboxylic acids is 1. The van der Waals surface area contributed by atoms with Crippen LogP contribution in [0.25, 0.3) is 0 Å². The molecule has 1 aliphatic rings. The van der Waals surface area contributed by atoms with E-state index in [4.69, 9.17) is 23.2 Å². The van der Waals surface area contributed by atoms with Crippen LogP contribution in [0.1, 0.15) is 16.1 Å². The molecule has 7 nitrogen and oxygen atoms in total. The van der Waals surface area contributed by atoms with E-state index in [1.165, 1.54) is 0 Å². The summed E-state index contributed by atoms with van der Waals surface area (Å²) in [6, 6.07) is 14.5. The van der Waals surface area contributed by atoms with Gasteiger partial charge in [-0.15, -0.1) is 10.2 Å². The lowest BCUT2D eigenvalue weighted by atomic mass is 10.1. The maximum absolute atomic E-state index is 12.8. The Hall–Kier alpha value is -2.90. The van der Waals surface area contributed by atoms with Crippen molar-refractivity contribution in [2.24, 2.45) is 0 Å². The van der Waals surface area contributed by atoms with E-state index >= 15 is 0 Å². The zero-order valence-electron chi connectivity index (χ0n) is 16.3. The van der Waals surface area contributed by atoms with Crippen molar-refractivity contribution >= 4 is 46.6 Å². The van der Waals surface area contributed by atoms with Crippen LogP contribution in [0.4, 0.5) is 17.5 Å². The first-order valence-corrected chi connectivity index (χ1v) is 10.3. The fourth-order valence-electron chi connectivity index (χ4n) is 3.27. The minimum Gasteiger partial charge on any atom is -0.352 e. The molecular weight excluding hydrogens is 423 g/mol. The van der Waals surface area contributed by atoms with E-state index in [-0.39, 0.29) is 5.91 Å². The van der Waals surface area contributed by atoms with Crippen molar-refractivity contribution in [2.75, 3.05) is 36.4 Å². The summed E-state index contributed by atoms with van der Waals surface area (Å²) in [4.78, 5) is 21.1. The van der Waals surface area contributed by atoms with Crippen LogP contribution in [0.3, 0.4) is 0 Å². The minimum atomic E-state index is -0.113. The summed E-state index contributed by atoms with van der Waals surface area (Å²) in [6.07, 6.45) is 0. The first kappa shape index (κ1) is 20.4. The molecule has 0 aliphatic carbocycles. The zero-order chi connectivity index (χ0) is 21.1. The van der Waals surface area contributed by atoms with Crippen LogP contribution in [0.5, 0.6) is 0 Å². The van der Waals surface area contributed by atoms with Gasteiger partial charge in [-0.25, -0.2) is 4.98 Å². The number of aryl methyl sites for hydroxylation is 1. The summed E-state index contributed by atoms with van der Waals surface area (Å²) in [5.74, 6) is 2.01. The lowest BCUT2D eigenvalue weighted by Crippen LogP contribution is -2.49. The molecule has 154 valence electrons. The summed E-state index contributed by atoms with van der Waals surface area (Å²) < 4.78 is 0. The standard InChI is InChI=1S/C21H20Cl2N6O/c1-14-3-2-4-18(24-14)25-19-7-8-20(27-26-19)28-9-11-29(12-10-28)21(30)16-13-15(22)5-6-17(16)23/h2-8,13H,9-12H2,1H3,(H,24,25,26). The number of benzene rings is 1. The fraction of sp³-hybridized carbons (Fsp3) is 0.238. The first-order valence-electron chi connectivity index (χ1n) is 9.53. The van der Waals surface area contributed by atoms with Crippen LogP contribution in [-0.4, -0.2) is 52.2 Å². The highest BCUT2D eigenvalue weighted by molar-refractivity contribution is 6.35. The van der Waals surface area contributed by atoms with Crippen LogP contribution < -0.4 is 10.2 Å². The van der Waals surface area contributed by atoms with Crippen molar-refractivity contribution < 1.29 is 4.79 Å². The molecule has 2 aromatic heterocycles. The summed E-state index contributed by atoms with van der Waals surface area (Å²) in [5, 5.41) is 12.6. The number of amides is 1. The average molecular weight is 443 g/mol. The van der Waals surface area contributed by atoms with Gasteiger partial charge < -0.3 is 15.1 Å². The number of carbonyl (C=O) groups is 1. The molecule has 0 bridgehead atoms. The Balaban J connectivity index is 1.37. The smallest absolute Gasteiger partial charge is 0.255 e. The Kier molecular flexibility index (Phi) is 6.01. The largest absolute Gasteiger partial charge is 0.352 e. The molecule has 30 heavy (non-hydrogen) atoms. The quantitative estimate of drug-likeness (QED) is 0.652. The number of nitrogens with one attached hydrogen (secondary N) is 1. The molecule has 3 aromatic rings. The molecule has 1 aliphatic heterocycles. The van der Waals surface area contributed by atoms with Gasteiger partial charge in [0.15, 0.2) is 11.6 Å². The maximum atomic E-state index is 12.8. The molecule has 0 spiro atoms. The highest BCUT2D eigenvalue weighted by atomic mass is 35.5. The monoisotopic (exact) mass is 442 g/mol. The summed E-state index contributed by atoms with van der Waals surface area (Å²) in [6.45, 7) is 4.38. The number of anilines is 3. The molecule has 1 fully saturated rings. The summed E-state index contributed by atoms with van der Waals surface area (Å²) in [5.41, 5.74) is 1.36. The van der Waals surface area contributed by atoms with Gasteiger partial charge in [0.2, 0.25) is 0 Å². The lowest BCUT2D eigenvalue weighted by molar-refractivity contribution is 0.0746. The topological polar surface area (TPSA) is 74.2 Å². The second-order valence-corrected chi connectivity index (χ2v) is 7.81. The van der Waals surface area contributed by atoms with Gasteiger partial charge in [0, 0.05) is 36.9 Å². The van der Waals surface area contributed by atoms with Crippen molar-refractivity contribution in [1.29, 1.82) is 0 Å². The number of pyridine rings is 1. The number of hydrogen-bond acceptors (Lipinski definition) is 6. The van der Waals surface area contributed by atoms with E-state index in [2.05, 4.69) is 25.4 Å². The highest BCUT2D eigenvalue weighted by Gasteiger charge is 2.24. The van der Waals surface area contributed by atoms with Crippen LogP contribution >= 0.6 is 23.2 Å². The van der Waals surface area contributed by atoms with Gasteiger partial charge in [-0.2, -0.15) is 0 Å². The molecule has 0 unspecified atom stereocenters. The first-order chi connectivity index (χ1) is 14.5. The molecule has 1 saturated heterocycles. The summed E-state index contributed by atoms with van der Waals surface area (Å²) in [7, 11) is 0. The maximum Gasteiger partial charge on any atom is 0.255 e. The van der Waals surface area contributed by atoms with Crippen molar-refractivity contribution in [2.45, 2.75) is 6.92 Å². The number of halogens is 2. The van der Waals surface area contributed by atoms with E-state index in [1.807, 2.05) is 37.3 Å². The van der Waals surface area contributed by atoms with Crippen LogP contribution in [0.2, 0.25) is 10.0 Å². The molecule has 1 N–H and O–H groups in total. The normalized spacial score (nSPS) is 14.0. The van der Waals surface area contributed by atoms with Crippen molar-refractivity contribution in [3.63, 3.8) is 0 Å². The summed E-state index contributed by atoms with van der Waals surface area (Å²) >= 11 is 12.2. The molecule has 9 heteroatoms. The molecule has 0 radical (unpaired) electrons. The van der Waals surface area contributed by atoms with E-state index in [0.717, 1.165) is 17.3 Å². The van der Waals surface area contributed by atoms with Gasteiger partial charge in [-0.05, 0) is 49.4 Å². The SMILES string of the molecule is Cc1cccc(Nc2ccc(N3CCN(C(=O)c4cc(Cl)ccc4Cl)CC3)nn2)n1. The Bertz CT molecular complexity index is 1050. The van der Waals surface area contributed by atoms with Gasteiger partial charge in [0.25, 0.3) is 5.91 Å². The number of aromatic nitrogens is 3. The molecule has 0 atom stereocenters. The van der Waals surface area contributed by atoms with Crippen molar-refractivity contribution in [3.8, 4) is 0 Å². The van der Waals surface area contributed by atoms with Crippen molar-refractivity contribution in [3.05, 3.63) is 69.8 Å². The van der Waals surface area contributed by atoms with E-state index in [1.54, 1.807) is 23.1 Å². The Morgan fingerprint density at radius 2 is 1.77 bits per heavy atom. The number of nitrogens with zero attached hydrogens (tertiary/aromatic N) is 5. The molecule has 1 amide bonds. The van der Waals surface area contributed by atoms with Crippen LogP contribution in [0, 0.1) is 6.92 Å². The van der Waals surface area contributed by atoms with E-state index < -0.39 is 0 Å². The molecule has 1 aromatic carbocycles. The van der Waals surface area contributed by atoms with Gasteiger partial charge in [0.05, 0.1) is 10.6 Å². The van der Waals surface area contributed by atoms with E-state index in [9.17, 15) is 4.79 Å². The lowest BCUT2D eigenvalue weighted by Gasteiger charge is -2.35. The second kappa shape index (κ2) is 8.85. The molecule has 0 saturated carbocycles. The number of piperazine rings is 1. The van der Waals surface area contributed by atoms with Crippen LogP contribution in [0.15, 0.2) is 48.5 Å². The molecular formula is C21H20Cl2N6O. The third-order valence-electron chi connectivity index (χ3n) is 4.84. The van der Waals surface area contributed by atoms with Gasteiger partial charge in [0.1, 0.15) is 5.82 Å².